The molecule has 0 saturated heterocycles. The molecule has 1 saturated carbocycles. The maximum Gasteiger partial charge on any atom is 0.337 e. The molecule has 2 unspecified atom stereocenters. The largest absolute Gasteiger partial charge is 0.478 e. The van der Waals surface area contributed by atoms with Crippen molar-refractivity contribution in [2.24, 2.45) is 11.8 Å². The van der Waals surface area contributed by atoms with Gasteiger partial charge in [-0.15, -0.1) is 0 Å². The zero-order valence-electron chi connectivity index (χ0n) is 11.9. The predicted molar refractivity (Wildman–Crippen MR) is 85.3 cm³/mol. The lowest BCUT2D eigenvalue weighted by Gasteiger charge is -2.26. The van der Waals surface area contributed by atoms with Crippen LogP contribution >= 0.6 is 15.9 Å². The van der Waals surface area contributed by atoms with Crippen molar-refractivity contribution in [1.82, 2.24) is 0 Å². The Morgan fingerprint density at radius 2 is 2.25 bits per heavy atom. The molecule has 1 aromatic rings. The van der Waals surface area contributed by atoms with Gasteiger partial charge in [0.05, 0.1) is 5.56 Å². The SMILES string of the molecule is CC1CCCC(CCNc2cc(Br)ccc2C(=O)O)C1. The summed E-state index contributed by atoms with van der Waals surface area (Å²) in [5.41, 5.74) is 1.04. The molecule has 1 fully saturated rings. The lowest BCUT2D eigenvalue weighted by Crippen LogP contribution is -2.17. The normalized spacial score (nSPS) is 22.5. The average molecular weight is 340 g/mol. The molecule has 0 aromatic heterocycles. The van der Waals surface area contributed by atoms with Crippen LogP contribution < -0.4 is 5.32 Å². The monoisotopic (exact) mass is 339 g/mol. The molecule has 0 radical (unpaired) electrons. The number of hydrogen-bond acceptors (Lipinski definition) is 2. The molecular weight excluding hydrogens is 318 g/mol. The van der Waals surface area contributed by atoms with Crippen LogP contribution in [0.1, 0.15) is 49.4 Å². The van der Waals surface area contributed by atoms with E-state index in [1.165, 1.54) is 25.7 Å². The number of anilines is 1. The van der Waals surface area contributed by atoms with E-state index < -0.39 is 5.97 Å². The standard InChI is InChI=1S/C16H22BrNO2/c1-11-3-2-4-12(9-11)7-8-18-15-10-13(17)5-6-14(15)16(19)20/h5-6,10-12,18H,2-4,7-9H2,1H3,(H,19,20). The van der Waals surface area contributed by atoms with Gasteiger partial charge in [0, 0.05) is 16.7 Å². The second-order valence-corrected chi connectivity index (χ2v) is 6.76. The van der Waals surface area contributed by atoms with E-state index in [1.54, 1.807) is 12.1 Å². The minimum absolute atomic E-state index is 0.338. The summed E-state index contributed by atoms with van der Waals surface area (Å²) < 4.78 is 0.899. The molecule has 4 heteroatoms. The van der Waals surface area contributed by atoms with Gasteiger partial charge in [0.2, 0.25) is 0 Å². The zero-order valence-corrected chi connectivity index (χ0v) is 13.4. The van der Waals surface area contributed by atoms with Crippen molar-refractivity contribution in [1.29, 1.82) is 0 Å². The number of rotatable bonds is 5. The second kappa shape index (κ2) is 7.11. The Bertz CT molecular complexity index is 476. The van der Waals surface area contributed by atoms with Crippen molar-refractivity contribution in [2.75, 3.05) is 11.9 Å². The zero-order chi connectivity index (χ0) is 14.5. The smallest absolute Gasteiger partial charge is 0.337 e. The Labute approximate surface area is 128 Å². The third-order valence-corrected chi connectivity index (χ3v) is 4.62. The quantitative estimate of drug-likeness (QED) is 0.811. The Kier molecular flexibility index (Phi) is 5.46. The summed E-state index contributed by atoms with van der Waals surface area (Å²) in [6.45, 7) is 3.17. The second-order valence-electron chi connectivity index (χ2n) is 5.85. The van der Waals surface area contributed by atoms with E-state index in [1.807, 2.05) is 6.07 Å². The molecule has 0 heterocycles. The highest BCUT2D eigenvalue weighted by molar-refractivity contribution is 9.10. The van der Waals surface area contributed by atoms with Gasteiger partial charge in [0.15, 0.2) is 0 Å². The maximum absolute atomic E-state index is 11.2. The van der Waals surface area contributed by atoms with Gasteiger partial charge in [-0.3, -0.25) is 0 Å². The van der Waals surface area contributed by atoms with E-state index in [0.29, 0.717) is 11.3 Å². The van der Waals surface area contributed by atoms with Gasteiger partial charge in [0.25, 0.3) is 0 Å². The molecule has 0 amide bonds. The van der Waals surface area contributed by atoms with Crippen molar-refractivity contribution in [3.63, 3.8) is 0 Å². The number of carbonyl (C=O) groups is 1. The van der Waals surface area contributed by atoms with E-state index in [-0.39, 0.29) is 0 Å². The van der Waals surface area contributed by atoms with Gasteiger partial charge in [0.1, 0.15) is 0 Å². The summed E-state index contributed by atoms with van der Waals surface area (Å²) in [5.74, 6) is 0.743. The minimum atomic E-state index is -0.883. The molecule has 0 spiro atoms. The molecule has 1 aromatic carbocycles. The Morgan fingerprint density at radius 3 is 2.95 bits per heavy atom. The highest BCUT2D eigenvalue weighted by atomic mass is 79.9. The number of hydrogen-bond donors (Lipinski definition) is 2. The molecule has 2 atom stereocenters. The van der Waals surface area contributed by atoms with E-state index in [9.17, 15) is 9.90 Å². The van der Waals surface area contributed by atoms with E-state index >= 15 is 0 Å². The van der Waals surface area contributed by atoms with Gasteiger partial charge in [-0.1, -0.05) is 42.1 Å². The third-order valence-electron chi connectivity index (χ3n) is 4.13. The first-order valence-corrected chi connectivity index (χ1v) is 8.12. The Hall–Kier alpha value is -1.03. The molecule has 1 aliphatic carbocycles. The van der Waals surface area contributed by atoms with Crippen LogP contribution in [0.3, 0.4) is 0 Å². The number of benzene rings is 1. The lowest BCUT2D eigenvalue weighted by atomic mass is 9.81. The summed E-state index contributed by atoms with van der Waals surface area (Å²) in [4.78, 5) is 11.2. The fourth-order valence-electron chi connectivity index (χ4n) is 3.08. The van der Waals surface area contributed by atoms with Gasteiger partial charge in [-0.25, -0.2) is 4.79 Å². The van der Waals surface area contributed by atoms with Gasteiger partial charge < -0.3 is 10.4 Å². The fourth-order valence-corrected chi connectivity index (χ4v) is 3.44. The van der Waals surface area contributed by atoms with Crippen LogP contribution in [0.4, 0.5) is 5.69 Å². The summed E-state index contributed by atoms with van der Waals surface area (Å²) in [6.07, 6.45) is 6.44. The van der Waals surface area contributed by atoms with Crippen LogP contribution in [0.15, 0.2) is 22.7 Å². The van der Waals surface area contributed by atoms with Crippen molar-refractivity contribution < 1.29 is 9.90 Å². The third kappa shape index (κ3) is 4.23. The van der Waals surface area contributed by atoms with Crippen LogP contribution in [-0.4, -0.2) is 17.6 Å². The van der Waals surface area contributed by atoms with Gasteiger partial charge in [-0.05, 0) is 42.9 Å². The highest BCUT2D eigenvalue weighted by Gasteiger charge is 2.18. The highest BCUT2D eigenvalue weighted by Crippen LogP contribution is 2.31. The van der Waals surface area contributed by atoms with E-state index in [4.69, 9.17) is 0 Å². The molecular formula is C16H22BrNO2. The molecule has 3 nitrogen and oxygen atoms in total. The van der Waals surface area contributed by atoms with Crippen LogP contribution in [0.5, 0.6) is 0 Å². The van der Waals surface area contributed by atoms with E-state index in [2.05, 4.69) is 28.2 Å². The van der Waals surface area contributed by atoms with E-state index in [0.717, 1.165) is 29.3 Å². The lowest BCUT2D eigenvalue weighted by molar-refractivity contribution is 0.0698. The minimum Gasteiger partial charge on any atom is -0.478 e. The summed E-state index contributed by atoms with van der Waals surface area (Å²) in [6, 6.07) is 5.24. The molecule has 2 N–H and O–H groups in total. The van der Waals surface area contributed by atoms with Crippen molar-refractivity contribution in [3.8, 4) is 0 Å². The van der Waals surface area contributed by atoms with Gasteiger partial charge in [-0.2, -0.15) is 0 Å². The average Bonchev–Trinajstić information content (AvgIpc) is 2.38. The number of carboxylic acids is 1. The maximum atomic E-state index is 11.2. The molecule has 1 aliphatic rings. The first-order chi connectivity index (χ1) is 9.56. The molecule has 0 aliphatic heterocycles. The first-order valence-electron chi connectivity index (χ1n) is 7.33. The molecule has 0 bridgehead atoms. The Balaban J connectivity index is 1.90. The van der Waals surface area contributed by atoms with Crippen LogP contribution in [0.25, 0.3) is 0 Å². The number of nitrogens with one attached hydrogen (secondary N) is 1. The fraction of sp³-hybridized carbons (Fsp3) is 0.562. The van der Waals surface area contributed by atoms with Crippen molar-refractivity contribution in [3.05, 3.63) is 28.2 Å². The number of aromatic carboxylic acids is 1. The first kappa shape index (κ1) is 15.4. The number of halogens is 1. The summed E-state index contributed by atoms with van der Waals surface area (Å²) in [5, 5.41) is 12.5. The van der Waals surface area contributed by atoms with Crippen LogP contribution in [-0.2, 0) is 0 Å². The van der Waals surface area contributed by atoms with Crippen LogP contribution in [0.2, 0.25) is 0 Å². The molecule has 110 valence electrons. The topological polar surface area (TPSA) is 49.3 Å². The number of carboxylic acid groups (broad SMARTS) is 1. The van der Waals surface area contributed by atoms with Crippen molar-refractivity contribution >= 4 is 27.6 Å². The predicted octanol–water partition coefficient (Wildman–Crippen LogP) is 4.78. The molecule has 2 rings (SSSR count). The van der Waals surface area contributed by atoms with Gasteiger partial charge >= 0.3 is 5.97 Å². The van der Waals surface area contributed by atoms with Crippen LogP contribution in [0, 0.1) is 11.8 Å². The summed E-state index contributed by atoms with van der Waals surface area (Å²) >= 11 is 3.39. The Morgan fingerprint density at radius 1 is 1.45 bits per heavy atom. The van der Waals surface area contributed by atoms with Crippen molar-refractivity contribution in [2.45, 2.75) is 39.0 Å². The summed E-state index contributed by atoms with van der Waals surface area (Å²) in [7, 11) is 0. The molecule has 20 heavy (non-hydrogen) atoms.